The predicted octanol–water partition coefficient (Wildman–Crippen LogP) is 16.9. The highest BCUT2D eigenvalue weighted by atomic mass is 15.0. The maximum absolute atomic E-state index is 2.79. The average Bonchev–Trinajstić information content (AvgIpc) is 3.84. The second kappa shape index (κ2) is 15.1. The topological polar surface area (TPSA) is 9.86 Å². The van der Waals surface area contributed by atoms with Crippen LogP contribution in [0.3, 0.4) is 0 Å². The first kappa shape index (κ1) is 44.4. The molecule has 10 aromatic rings. The van der Waals surface area contributed by atoms with E-state index >= 15 is 0 Å². The Morgan fingerprint density at radius 3 is 1.54 bits per heavy atom. The van der Waals surface area contributed by atoms with Crippen LogP contribution in [0.25, 0.3) is 94.2 Å². The van der Waals surface area contributed by atoms with Gasteiger partial charge in [-0.3, -0.25) is 0 Å². The molecule has 8 aromatic carbocycles. The summed E-state index contributed by atoms with van der Waals surface area (Å²) >= 11 is 0. The molecule has 2 aliphatic heterocycles. The molecule has 0 aliphatic carbocycles. The highest BCUT2D eigenvalue weighted by molar-refractivity contribution is 6.90. The average molecular weight is 909 g/mol. The zero-order valence-corrected chi connectivity index (χ0v) is 43.5. The third-order valence-electron chi connectivity index (χ3n) is 15.9. The summed E-state index contributed by atoms with van der Waals surface area (Å²) in [6.07, 6.45) is 0. The summed E-state index contributed by atoms with van der Waals surface area (Å²) in [4.78, 5) is 0. The molecule has 12 rings (SSSR count). The van der Waals surface area contributed by atoms with Crippen molar-refractivity contribution in [1.82, 2.24) is 9.05 Å². The Hall–Kier alpha value is -6.84. The fourth-order valence-electron chi connectivity index (χ4n) is 11.8. The summed E-state index contributed by atoms with van der Waals surface area (Å²) in [5.41, 5.74) is 27.2. The summed E-state index contributed by atoms with van der Waals surface area (Å²) in [6, 6.07) is 61.5. The first-order valence-corrected chi connectivity index (χ1v) is 25.5. The molecule has 0 radical (unpaired) electrons. The minimum atomic E-state index is -0.111. The first-order valence-electron chi connectivity index (χ1n) is 25.5. The Morgan fingerprint density at radius 2 is 0.929 bits per heavy atom. The summed E-state index contributed by atoms with van der Waals surface area (Å²) < 4.78 is 5.45. The number of aryl methyl sites for hydroxylation is 1. The number of fused-ring (bicyclic) bond motifs is 7. The van der Waals surface area contributed by atoms with Crippen LogP contribution in [0.4, 0.5) is 0 Å². The van der Waals surface area contributed by atoms with Gasteiger partial charge in [0.25, 0.3) is 0 Å². The smallest absolute Gasteiger partial charge is 0.333 e. The quantitative estimate of drug-likeness (QED) is 0.156. The third kappa shape index (κ3) is 6.75. The summed E-state index contributed by atoms with van der Waals surface area (Å²) in [5.74, 6) is 0. The second-order valence-electron chi connectivity index (χ2n) is 24.7. The molecule has 2 aliphatic rings. The zero-order valence-electron chi connectivity index (χ0n) is 43.5. The van der Waals surface area contributed by atoms with E-state index in [4.69, 9.17) is 0 Å². The van der Waals surface area contributed by atoms with Gasteiger partial charge in [-0.1, -0.05) is 204 Å². The van der Waals surface area contributed by atoms with E-state index in [-0.39, 0.29) is 28.5 Å². The van der Waals surface area contributed by atoms with Gasteiger partial charge in [-0.15, -0.1) is 0 Å². The number of hydrogen-bond donors (Lipinski definition) is 0. The molecule has 0 unspecified atom stereocenters. The second-order valence-corrected chi connectivity index (χ2v) is 24.7. The zero-order chi connectivity index (χ0) is 49.0. The molecule has 346 valence electrons. The first-order chi connectivity index (χ1) is 33.2. The molecule has 0 saturated carbocycles. The highest BCUT2D eigenvalue weighted by Crippen LogP contribution is 2.51. The molecule has 4 heterocycles. The third-order valence-corrected chi connectivity index (χ3v) is 15.9. The molecule has 2 nitrogen and oxygen atoms in total. The van der Waals surface area contributed by atoms with Crippen LogP contribution in [-0.2, 0) is 21.7 Å². The number of nitrogens with zero attached hydrogens (tertiary/aromatic N) is 2. The Bertz CT molecular complexity index is 3770. The fraction of sp³-hybridized carbons (Fsp3) is 0.254. The fourth-order valence-corrected chi connectivity index (χ4v) is 11.8. The largest absolute Gasteiger partial charge is 0.375 e. The molecule has 0 atom stereocenters. The van der Waals surface area contributed by atoms with Crippen molar-refractivity contribution in [2.75, 3.05) is 0 Å². The SMILES string of the molecule is Cc1ccccc1-c1c(-c2ccccc2)n2c3c(cc(C(C)(C)C)cc13)-c1cc(C(C)(C)C)cc3c1B2c1cc(-c2ccc(C(C)(C)C)cc2)cc2c4cc(-c5ccc(C(C)(C)C)cc5)ccc4n-3c12. The van der Waals surface area contributed by atoms with Gasteiger partial charge in [-0.05, 0) is 143 Å². The molecule has 0 bridgehead atoms. The van der Waals surface area contributed by atoms with Crippen molar-refractivity contribution < 1.29 is 0 Å². The van der Waals surface area contributed by atoms with Crippen LogP contribution in [0.1, 0.15) is 111 Å². The Labute approximate surface area is 416 Å². The van der Waals surface area contributed by atoms with Crippen molar-refractivity contribution in [2.24, 2.45) is 0 Å². The van der Waals surface area contributed by atoms with E-state index in [1.54, 1.807) is 0 Å². The highest BCUT2D eigenvalue weighted by Gasteiger charge is 2.44. The van der Waals surface area contributed by atoms with E-state index < -0.39 is 0 Å². The van der Waals surface area contributed by atoms with Crippen LogP contribution >= 0.6 is 0 Å². The molecule has 2 aromatic heterocycles. The maximum atomic E-state index is 2.79. The summed E-state index contributed by atoms with van der Waals surface area (Å²) in [7, 11) is 0. The van der Waals surface area contributed by atoms with Crippen LogP contribution in [-0.4, -0.2) is 15.9 Å². The lowest BCUT2D eigenvalue weighted by Gasteiger charge is -2.37. The van der Waals surface area contributed by atoms with E-state index in [0.717, 1.165) is 0 Å². The predicted molar refractivity (Wildman–Crippen MR) is 303 cm³/mol. The Morgan fingerprint density at radius 1 is 0.386 bits per heavy atom. The van der Waals surface area contributed by atoms with E-state index in [2.05, 4.69) is 257 Å². The van der Waals surface area contributed by atoms with Crippen molar-refractivity contribution in [3.8, 4) is 61.5 Å². The van der Waals surface area contributed by atoms with Crippen molar-refractivity contribution in [3.63, 3.8) is 0 Å². The summed E-state index contributed by atoms with van der Waals surface area (Å²) in [5, 5.41) is 3.90. The Balaban J connectivity index is 1.27. The van der Waals surface area contributed by atoms with Gasteiger partial charge >= 0.3 is 6.85 Å². The van der Waals surface area contributed by atoms with Crippen LogP contribution in [0.2, 0.25) is 0 Å². The lowest BCUT2D eigenvalue weighted by molar-refractivity contribution is 0.589. The minimum Gasteiger partial charge on any atom is -0.375 e. The van der Waals surface area contributed by atoms with Crippen LogP contribution in [0, 0.1) is 6.92 Å². The minimum absolute atomic E-state index is 0.0558. The summed E-state index contributed by atoms with van der Waals surface area (Å²) in [6.45, 7) is 30.2. The van der Waals surface area contributed by atoms with Crippen LogP contribution in [0.15, 0.2) is 158 Å². The van der Waals surface area contributed by atoms with Gasteiger partial charge in [0.05, 0.1) is 11.0 Å². The van der Waals surface area contributed by atoms with Crippen molar-refractivity contribution >= 4 is 50.5 Å². The van der Waals surface area contributed by atoms with E-state index in [9.17, 15) is 0 Å². The molecular weight excluding hydrogens is 844 g/mol. The van der Waals surface area contributed by atoms with E-state index in [1.807, 2.05) is 0 Å². The molecule has 0 fully saturated rings. The van der Waals surface area contributed by atoms with Gasteiger partial charge in [-0.25, -0.2) is 0 Å². The monoisotopic (exact) mass is 909 g/mol. The molecule has 70 heavy (non-hydrogen) atoms. The number of rotatable bonds is 4. The molecular formula is C67H65BN2. The van der Waals surface area contributed by atoms with Gasteiger partial charge in [-0.2, -0.15) is 0 Å². The number of hydrogen-bond acceptors (Lipinski definition) is 0. The number of benzene rings is 8. The van der Waals surface area contributed by atoms with E-state index in [1.165, 1.54) is 133 Å². The van der Waals surface area contributed by atoms with Crippen molar-refractivity contribution in [3.05, 3.63) is 186 Å². The Kier molecular flexibility index (Phi) is 9.56. The van der Waals surface area contributed by atoms with Crippen molar-refractivity contribution in [2.45, 2.75) is 112 Å². The van der Waals surface area contributed by atoms with Gasteiger partial charge in [0, 0.05) is 44.2 Å². The lowest BCUT2D eigenvalue weighted by Crippen LogP contribution is -2.55. The van der Waals surface area contributed by atoms with Gasteiger partial charge in [0.2, 0.25) is 0 Å². The van der Waals surface area contributed by atoms with E-state index in [0.29, 0.717) is 0 Å². The van der Waals surface area contributed by atoms with Crippen molar-refractivity contribution in [1.29, 1.82) is 0 Å². The van der Waals surface area contributed by atoms with Gasteiger partial charge < -0.3 is 9.05 Å². The lowest BCUT2D eigenvalue weighted by atomic mass is 9.45. The molecule has 0 N–H and O–H groups in total. The maximum Gasteiger partial charge on any atom is 0.333 e. The standard InChI is InChI=1S/C67H65BN2/c1-40-19-17-18-22-50(40)59-55-38-48(66(8,9)10)37-54-52-36-49(67(11,12)13)39-58-60(52)68(70(62(54)55)61(59)43-20-15-14-16-21-43)56-35-45(42-25-30-47(31-26-42)65(5,6)7)34-53-51-33-44(27-32-57(51)69(58)63(53)56)41-23-28-46(29-24-41)64(2,3)4/h14-39H,1-13H3. The van der Waals surface area contributed by atoms with Gasteiger partial charge in [0.1, 0.15) is 0 Å². The van der Waals surface area contributed by atoms with Crippen LogP contribution < -0.4 is 10.9 Å². The number of aromatic nitrogens is 2. The van der Waals surface area contributed by atoms with Crippen LogP contribution in [0.5, 0.6) is 0 Å². The molecule has 0 saturated heterocycles. The molecule has 0 amide bonds. The normalized spacial score (nSPS) is 13.5. The van der Waals surface area contributed by atoms with Gasteiger partial charge in [0.15, 0.2) is 0 Å². The molecule has 0 spiro atoms. The molecule has 3 heteroatoms.